The molecular weight excluding hydrogens is 412 g/mol. The Balaban J connectivity index is 2.11. The average Bonchev–Trinajstić information content (AvgIpc) is 2.97. The molecule has 10 heteroatoms. The molecule has 0 aliphatic carbocycles. The van der Waals surface area contributed by atoms with Gasteiger partial charge in [-0.15, -0.1) is 0 Å². The van der Waals surface area contributed by atoms with Crippen LogP contribution in [0.15, 0.2) is 48.8 Å². The predicted molar refractivity (Wildman–Crippen MR) is 96.9 cm³/mol. The van der Waals surface area contributed by atoms with Gasteiger partial charge in [0.2, 0.25) is 9.90 Å². The van der Waals surface area contributed by atoms with Crippen LogP contribution in [0.2, 0.25) is 5.02 Å². The van der Waals surface area contributed by atoms with E-state index in [1.165, 1.54) is 11.3 Å². The minimum atomic E-state index is -1.99. The number of rotatable bonds is 3. The third-order valence-corrected chi connectivity index (χ3v) is 4.68. The highest BCUT2D eigenvalue weighted by Gasteiger charge is 2.59. The third kappa shape index (κ3) is 3.78. The number of alkyl halides is 3. The molecule has 2 aromatic rings. The van der Waals surface area contributed by atoms with Gasteiger partial charge in [0.25, 0.3) is 6.04 Å². The van der Waals surface area contributed by atoms with Crippen molar-refractivity contribution in [1.82, 2.24) is 4.98 Å². The first-order valence-corrected chi connectivity index (χ1v) is 8.62. The summed E-state index contributed by atoms with van der Waals surface area (Å²) in [5, 5.41) is 13.6. The molecule has 0 radical (unpaired) electrons. The molecule has 0 amide bonds. The van der Waals surface area contributed by atoms with Gasteiger partial charge < -0.3 is 0 Å². The van der Waals surface area contributed by atoms with Gasteiger partial charge in [0.05, 0.1) is 5.69 Å². The number of halogens is 4. The Kier molecular flexibility index (Phi) is 5.27. The molecule has 1 aromatic carbocycles. The summed E-state index contributed by atoms with van der Waals surface area (Å²) in [6, 6.07) is 7.87. The zero-order chi connectivity index (χ0) is 18.2. The molecule has 3 atom stereocenters. The van der Waals surface area contributed by atoms with Crippen molar-refractivity contribution in [2.75, 3.05) is 5.06 Å². The molecule has 2 heterocycles. The minimum absolute atomic E-state index is 0.500. The van der Waals surface area contributed by atoms with Gasteiger partial charge in [-0.1, -0.05) is 52.5 Å². The molecule has 25 heavy (non-hydrogen) atoms. The standard InChI is InChI=1S/C15H11Cl4N3O3/c16-10-3-5-11(6-4-10)21-12(9-2-1-7-20-8-9)13(22(23)24)14(25-21)15(17,18)19/h1-8,12-14H. The van der Waals surface area contributed by atoms with Gasteiger partial charge in [-0.05, 0) is 30.3 Å². The van der Waals surface area contributed by atoms with Gasteiger partial charge in [-0.3, -0.25) is 19.9 Å². The number of anilines is 1. The summed E-state index contributed by atoms with van der Waals surface area (Å²) in [5.41, 5.74) is 1.11. The van der Waals surface area contributed by atoms with E-state index in [-0.39, 0.29) is 0 Å². The van der Waals surface area contributed by atoms with Crippen LogP contribution < -0.4 is 5.06 Å². The number of nitrogens with zero attached hydrogens (tertiary/aromatic N) is 3. The molecular formula is C15H11Cl4N3O3. The van der Waals surface area contributed by atoms with E-state index in [1.807, 2.05) is 0 Å². The fraction of sp³-hybridized carbons (Fsp3) is 0.267. The van der Waals surface area contributed by atoms with Gasteiger partial charge in [-0.25, -0.2) is 5.06 Å². The average molecular weight is 423 g/mol. The van der Waals surface area contributed by atoms with Crippen molar-refractivity contribution in [1.29, 1.82) is 0 Å². The first-order valence-electron chi connectivity index (χ1n) is 7.11. The van der Waals surface area contributed by atoms with Crippen molar-refractivity contribution in [2.24, 2.45) is 0 Å². The molecule has 1 aliphatic rings. The highest BCUT2D eigenvalue weighted by Crippen LogP contribution is 2.47. The third-order valence-electron chi connectivity index (χ3n) is 3.79. The molecule has 3 rings (SSSR count). The van der Waals surface area contributed by atoms with Crippen LogP contribution in [0, 0.1) is 10.1 Å². The number of hydrogen-bond acceptors (Lipinski definition) is 5. The van der Waals surface area contributed by atoms with E-state index in [9.17, 15) is 10.1 Å². The van der Waals surface area contributed by atoms with E-state index in [1.54, 1.807) is 42.6 Å². The Hall–Kier alpha value is -1.31. The van der Waals surface area contributed by atoms with Crippen molar-refractivity contribution in [3.63, 3.8) is 0 Å². The number of benzene rings is 1. The van der Waals surface area contributed by atoms with E-state index in [4.69, 9.17) is 51.2 Å². The Bertz CT molecular complexity index is 755. The van der Waals surface area contributed by atoms with Crippen LogP contribution >= 0.6 is 46.4 Å². The summed E-state index contributed by atoms with van der Waals surface area (Å²) >= 11 is 23.8. The zero-order valence-electron chi connectivity index (χ0n) is 12.4. The molecule has 1 aliphatic heterocycles. The van der Waals surface area contributed by atoms with Gasteiger partial charge >= 0.3 is 0 Å². The molecule has 1 saturated heterocycles. The molecule has 6 nitrogen and oxygen atoms in total. The van der Waals surface area contributed by atoms with Crippen LogP contribution in [0.1, 0.15) is 11.6 Å². The van der Waals surface area contributed by atoms with E-state index in [0.717, 1.165) is 0 Å². The van der Waals surface area contributed by atoms with Crippen LogP contribution in [0.5, 0.6) is 0 Å². The predicted octanol–water partition coefficient (Wildman–Crippen LogP) is 4.61. The summed E-state index contributed by atoms with van der Waals surface area (Å²) in [5.74, 6) is 0. The second kappa shape index (κ2) is 7.13. The normalized spacial score (nSPS) is 23.7. The fourth-order valence-electron chi connectivity index (χ4n) is 2.73. The Labute approximate surface area is 163 Å². The Morgan fingerprint density at radius 3 is 2.40 bits per heavy atom. The maximum absolute atomic E-state index is 11.8. The maximum Gasteiger partial charge on any atom is 0.272 e. The summed E-state index contributed by atoms with van der Waals surface area (Å²) in [6.45, 7) is 0. The van der Waals surface area contributed by atoms with Crippen LogP contribution in [0.4, 0.5) is 5.69 Å². The van der Waals surface area contributed by atoms with E-state index < -0.39 is 26.9 Å². The van der Waals surface area contributed by atoms with E-state index >= 15 is 0 Å². The van der Waals surface area contributed by atoms with Crippen molar-refractivity contribution in [3.8, 4) is 0 Å². The minimum Gasteiger partial charge on any atom is -0.264 e. The quantitative estimate of drug-likeness (QED) is 0.410. The first kappa shape index (κ1) is 18.5. The molecule has 1 fully saturated rings. The lowest BCUT2D eigenvalue weighted by atomic mass is 9.98. The second-order valence-corrected chi connectivity index (χ2v) is 8.18. The van der Waals surface area contributed by atoms with Gasteiger partial charge in [-0.2, -0.15) is 0 Å². The zero-order valence-corrected chi connectivity index (χ0v) is 15.5. The molecule has 132 valence electrons. The van der Waals surface area contributed by atoms with Crippen molar-refractivity contribution in [2.45, 2.75) is 22.0 Å². The summed E-state index contributed by atoms with van der Waals surface area (Å²) in [6.07, 6.45) is 1.81. The largest absolute Gasteiger partial charge is 0.272 e. The van der Waals surface area contributed by atoms with Gasteiger partial charge in [0.15, 0.2) is 6.04 Å². The molecule has 3 unspecified atom stereocenters. The fourth-order valence-corrected chi connectivity index (χ4v) is 3.36. The second-order valence-electron chi connectivity index (χ2n) is 5.38. The van der Waals surface area contributed by atoms with Crippen molar-refractivity contribution >= 4 is 52.1 Å². The lowest BCUT2D eigenvalue weighted by Crippen LogP contribution is -2.41. The monoisotopic (exact) mass is 421 g/mol. The smallest absolute Gasteiger partial charge is 0.264 e. The Morgan fingerprint density at radius 1 is 1.20 bits per heavy atom. The molecule has 1 aromatic heterocycles. The Morgan fingerprint density at radius 2 is 1.88 bits per heavy atom. The molecule has 0 bridgehead atoms. The number of nitro groups is 1. The lowest BCUT2D eigenvalue weighted by molar-refractivity contribution is -0.529. The van der Waals surface area contributed by atoms with E-state index in [0.29, 0.717) is 16.3 Å². The van der Waals surface area contributed by atoms with Crippen LogP contribution in [0.3, 0.4) is 0 Å². The van der Waals surface area contributed by atoms with Crippen LogP contribution in [0.25, 0.3) is 0 Å². The maximum atomic E-state index is 11.8. The highest BCUT2D eigenvalue weighted by atomic mass is 35.6. The summed E-state index contributed by atoms with van der Waals surface area (Å²) in [4.78, 5) is 21.0. The highest BCUT2D eigenvalue weighted by molar-refractivity contribution is 6.68. The SMILES string of the molecule is O=[N+]([O-])C1C(c2cccnc2)N(c2ccc(Cl)cc2)OC1C(Cl)(Cl)Cl. The number of hydroxylamine groups is 1. The van der Waals surface area contributed by atoms with Gasteiger partial charge in [0.1, 0.15) is 0 Å². The number of pyridine rings is 1. The summed E-state index contributed by atoms with van der Waals surface area (Å²) < 4.78 is -1.99. The summed E-state index contributed by atoms with van der Waals surface area (Å²) in [7, 11) is 0. The van der Waals surface area contributed by atoms with Crippen molar-refractivity contribution < 1.29 is 9.76 Å². The number of hydrogen-bond donors (Lipinski definition) is 0. The molecule has 0 N–H and O–H groups in total. The number of aromatic nitrogens is 1. The molecule has 0 spiro atoms. The molecule has 0 saturated carbocycles. The van der Waals surface area contributed by atoms with Crippen LogP contribution in [-0.2, 0) is 4.84 Å². The van der Waals surface area contributed by atoms with Gasteiger partial charge in [0, 0.05) is 27.9 Å². The van der Waals surface area contributed by atoms with Crippen molar-refractivity contribution in [3.05, 3.63) is 69.5 Å². The van der Waals surface area contributed by atoms with E-state index in [2.05, 4.69) is 4.98 Å². The first-order chi connectivity index (χ1) is 11.8. The topological polar surface area (TPSA) is 68.5 Å². The van der Waals surface area contributed by atoms with Crippen LogP contribution in [-0.4, -0.2) is 25.8 Å². The lowest BCUT2D eigenvalue weighted by Gasteiger charge is -2.24.